The third-order valence-electron chi connectivity index (χ3n) is 3.49. The van der Waals surface area contributed by atoms with E-state index >= 15 is 0 Å². The molecule has 0 aromatic heterocycles. The van der Waals surface area contributed by atoms with Crippen molar-refractivity contribution in [3.05, 3.63) is 29.8 Å². The number of carbonyl (C=O) groups is 2. The van der Waals surface area contributed by atoms with Crippen molar-refractivity contribution in [1.29, 1.82) is 0 Å². The van der Waals surface area contributed by atoms with E-state index in [0.29, 0.717) is 32.8 Å². The molecule has 0 aliphatic carbocycles. The van der Waals surface area contributed by atoms with E-state index < -0.39 is 10.0 Å². The molecule has 2 amide bonds. The van der Waals surface area contributed by atoms with Crippen LogP contribution in [0.15, 0.2) is 29.2 Å². The van der Waals surface area contributed by atoms with Crippen LogP contribution in [0.4, 0.5) is 0 Å². The molecule has 1 fully saturated rings. The number of nitrogens with one attached hydrogen (secondary N) is 2. The highest BCUT2D eigenvalue weighted by Gasteiger charge is 2.26. The summed E-state index contributed by atoms with van der Waals surface area (Å²) in [6, 6.07) is 5.92. The molecule has 1 aliphatic rings. The molecule has 9 heteroatoms. The van der Waals surface area contributed by atoms with Crippen LogP contribution in [0.2, 0.25) is 0 Å². The van der Waals surface area contributed by atoms with Crippen molar-refractivity contribution in [2.75, 3.05) is 39.4 Å². The number of morpholine rings is 1. The maximum atomic E-state index is 12.6. The Morgan fingerprint density at radius 1 is 1.17 bits per heavy atom. The summed E-state index contributed by atoms with van der Waals surface area (Å²) in [4.78, 5) is 22.9. The van der Waals surface area contributed by atoms with Gasteiger partial charge in [0.25, 0.3) is 5.91 Å². The van der Waals surface area contributed by atoms with Gasteiger partial charge in [-0.25, -0.2) is 8.42 Å². The smallest absolute Gasteiger partial charge is 0.251 e. The Morgan fingerprint density at radius 2 is 1.83 bits per heavy atom. The van der Waals surface area contributed by atoms with Crippen LogP contribution < -0.4 is 10.6 Å². The second-order valence-electron chi connectivity index (χ2n) is 5.28. The molecule has 0 unspecified atom stereocenters. The molecule has 2 rings (SSSR count). The van der Waals surface area contributed by atoms with E-state index in [1.165, 1.54) is 29.4 Å². The van der Waals surface area contributed by atoms with Gasteiger partial charge in [-0.05, 0) is 18.2 Å². The van der Waals surface area contributed by atoms with Crippen molar-refractivity contribution in [3.8, 4) is 0 Å². The van der Waals surface area contributed by atoms with Crippen LogP contribution in [-0.4, -0.2) is 63.9 Å². The summed E-state index contributed by atoms with van der Waals surface area (Å²) in [5, 5.41) is 5.19. The van der Waals surface area contributed by atoms with E-state index in [1.54, 1.807) is 6.07 Å². The highest BCUT2D eigenvalue weighted by Crippen LogP contribution is 2.18. The van der Waals surface area contributed by atoms with Crippen LogP contribution in [0.3, 0.4) is 0 Å². The molecule has 132 valence electrons. The van der Waals surface area contributed by atoms with Crippen LogP contribution in [0.1, 0.15) is 17.3 Å². The average molecular weight is 355 g/mol. The van der Waals surface area contributed by atoms with Gasteiger partial charge in [0.2, 0.25) is 15.9 Å². The molecule has 24 heavy (non-hydrogen) atoms. The largest absolute Gasteiger partial charge is 0.379 e. The Balaban J connectivity index is 2.05. The van der Waals surface area contributed by atoms with Crippen molar-refractivity contribution in [2.45, 2.75) is 11.8 Å². The maximum absolute atomic E-state index is 12.6. The van der Waals surface area contributed by atoms with Gasteiger partial charge in [0, 0.05) is 38.7 Å². The van der Waals surface area contributed by atoms with Gasteiger partial charge >= 0.3 is 0 Å². The molecule has 1 aliphatic heterocycles. The quantitative estimate of drug-likeness (QED) is 0.674. The summed E-state index contributed by atoms with van der Waals surface area (Å²) in [5.41, 5.74) is 0.257. The number of benzene rings is 1. The second-order valence-corrected chi connectivity index (χ2v) is 7.22. The first-order valence-corrected chi connectivity index (χ1v) is 9.06. The lowest BCUT2D eigenvalue weighted by Gasteiger charge is -2.26. The zero-order valence-corrected chi connectivity index (χ0v) is 14.3. The Bertz CT molecular complexity index is 699. The van der Waals surface area contributed by atoms with Gasteiger partial charge in [-0.1, -0.05) is 6.07 Å². The first-order chi connectivity index (χ1) is 11.4. The third-order valence-corrected chi connectivity index (χ3v) is 5.38. The minimum absolute atomic E-state index is 0.0823. The van der Waals surface area contributed by atoms with Crippen LogP contribution in [0.5, 0.6) is 0 Å². The standard InChI is InChI=1S/C15H21N3O5S/c1-12(19)16-5-6-17-15(20)13-3-2-4-14(11-13)24(21,22)18-7-9-23-10-8-18/h2-4,11H,5-10H2,1H3,(H,16,19)(H,17,20). The summed E-state index contributed by atoms with van der Waals surface area (Å²) < 4.78 is 31.7. The average Bonchev–Trinajstić information content (AvgIpc) is 2.59. The summed E-state index contributed by atoms with van der Waals surface area (Å²) in [6.07, 6.45) is 0. The number of nitrogens with zero attached hydrogens (tertiary/aromatic N) is 1. The van der Waals surface area contributed by atoms with Crippen LogP contribution in [0, 0.1) is 0 Å². The van der Waals surface area contributed by atoms with Crippen LogP contribution in [0.25, 0.3) is 0 Å². The Morgan fingerprint density at radius 3 is 2.50 bits per heavy atom. The number of ether oxygens (including phenoxy) is 1. The van der Waals surface area contributed by atoms with Crippen molar-refractivity contribution in [2.24, 2.45) is 0 Å². The Labute approximate surface area is 141 Å². The highest BCUT2D eigenvalue weighted by molar-refractivity contribution is 7.89. The first kappa shape index (κ1) is 18.4. The first-order valence-electron chi connectivity index (χ1n) is 7.62. The molecule has 1 aromatic rings. The minimum atomic E-state index is -3.64. The minimum Gasteiger partial charge on any atom is -0.379 e. The van der Waals surface area contributed by atoms with Crippen molar-refractivity contribution in [1.82, 2.24) is 14.9 Å². The predicted molar refractivity (Wildman–Crippen MR) is 87.0 cm³/mol. The summed E-state index contributed by atoms with van der Waals surface area (Å²) in [6.45, 7) is 3.30. The summed E-state index contributed by atoms with van der Waals surface area (Å²) in [7, 11) is -3.64. The normalized spacial score (nSPS) is 15.7. The molecule has 1 heterocycles. The Kier molecular flexibility index (Phi) is 6.29. The molecule has 0 saturated carbocycles. The molecule has 8 nitrogen and oxygen atoms in total. The number of hydrogen-bond acceptors (Lipinski definition) is 5. The lowest BCUT2D eigenvalue weighted by molar-refractivity contribution is -0.118. The van der Waals surface area contributed by atoms with E-state index in [9.17, 15) is 18.0 Å². The van der Waals surface area contributed by atoms with Crippen molar-refractivity contribution >= 4 is 21.8 Å². The molecular weight excluding hydrogens is 334 g/mol. The fourth-order valence-corrected chi connectivity index (χ4v) is 3.70. The number of sulfonamides is 1. The lowest BCUT2D eigenvalue weighted by atomic mass is 10.2. The number of carbonyl (C=O) groups excluding carboxylic acids is 2. The van der Waals surface area contributed by atoms with E-state index in [4.69, 9.17) is 4.74 Å². The van der Waals surface area contributed by atoms with E-state index in [2.05, 4.69) is 10.6 Å². The van der Waals surface area contributed by atoms with Crippen LogP contribution >= 0.6 is 0 Å². The molecule has 0 atom stereocenters. The number of hydrogen-bond donors (Lipinski definition) is 2. The van der Waals surface area contributed by atoms with Gasteiger partial charge < -0.3 is 15.4 Å². The highest BCUT2D eigenvalue weighted by atomic mass is 32.2. The summed E-state index contributed by atoms with van der Waals surface area (Å²) in [5.74, 6) is -0.567. The van der Waals surface area contributed by atoms with E-state index in [-0.39, 0.29) is 28.8 Å². The zero-order valence-electron chi connectivity index (χ0n) is 13.4. The van der Waals surface area contributed by atoms with Gasteiger partial charge in [-0.15, -0.1) is 0 Å². The molecule has 0 bridgehead atoms. The monoisotopic (exact) mass is 355 g/mol. The van der Waals surface area contributed by atoms with Crippen molar-refractivity contribution < 1.29 is 22.7 Å². The third kappa shape index (κ3) is 4.76. The molecular formula is C15H21N3O5S. The topological polar surface area (TPSA) is 105 Å². The molecule has 1 aromatic carbocycles. The second kappa shape index (κ2) is 8.22. The van der Waals surface area contributed by atoms with Crippen LogP contribution in [-0.2, 0) is 19.6 Å². The zero-order chi connectivity index (χ0) is 17.6. The fourth-order valence-electron chi connectivity index (χ4n) is 2.25. The number of amides is 2. The maximum Gasteiger partial charge on any atom is 0.251 e. The Hall–Kier alpha value is -1.97. The molecule has 0 radical (unpaired) electrons. The predicted octanol–water partition coefficient (Wildman–Crippen LogP) is -0.427. The van der Waals surface area contributed by atoms with E-state index in [0.717, 1.165) is 0 Å². The molecule has 1 saturated heterocycles. The van der Waals surface area contributed by atoms with Gasteiger partial charge in [0.05, 0.1) is 18.1 Å². The molecule has 0 spiro atoms. The molecule has 2 N–H and O–H groups in total. The van der Waals surface area contributed by atoms with Gasteiger partial charge in [-0.3, -0.25) is 9.59 Å². The van der Waals surface area contributed by atoms with Gasteiger partial charge in [-0.2, -0.15) is 4.31 Å². The SMILES string of the molecule is CC(=O)NCCNC(=O)c1cccc(S(=O)(=O)N2CCOCC2)c1. The summed E-state index contributed by atoms with van der Waals surface area (Å²) >= 11 is 0. The fraction of sp³-hybridized carbons (Fsp3) is 0.467. The number of rotatable bonds is 6. The lowest BCUT2D eigenvalue weighted by Crippen LogP contribution is -2.40. The van der Waals surface area contributed by atoms with Crippen molar-refractivity contribution in [3.63, 3.8) is 0 Å². The van der Waals surface area contributed by atoms with Gasteiger partial charge in [0.15, 0.2) is 0 Å². The van der Waals surface area contributed by atoms with Gasteiger partial charge in [0.1, 0.15) is 0 Å². The van der Waals surface area contributed by atoms with E-state index in [1.807, 2.05) is 0 Å².